The molecule has 0 aliphatic heterocycles. The zero-order valence-electron chi connectivity index (χ0n) is 15.9. The Morgan fingerprint density at radius 1 is 1.00 bits per heavy atom. The van der Waals surface area contributed by atoms with E-state index < -0.39 is 16.7 Å². The Bertz CT molecular complexity index is 863. The summed E-state index contributed by atoms with van der Waals surface area (Å²) in [6.45, 7) is 3.43. The normalized spacial score (nSPS) is 11.4. The number of halogens is 4. The van der Waals surface area contributed by atoms with E-state index in [9.17, 15) is 23.3 Å². The zero-order valence-corrected chi connectivity index (χ0v) is 16.7. The number of rotatable bonds is 11. The van der Waals surface area contributed by atoms with Crippen LogP contribution in [0.2, 0.25) is 5.02 Å². The summed E-state index contributed by atoms with van der Waals surface area (Å²) >= 11 is 5.87. The fraction of sp³-hybridized carbons (Fsp3) is 0.368. The van der Waals surface area contributed by atoms with Gasteiger partial charge in [0.15, 0.2) is 0 Å². The van der Waals surface area contributed by atoms with Crippen molar-refractivity contribution in [2.75, 3.05) is 33.0 Å². The molecule has 0 aromatic heterocycles. The van der Waals surface area contributed by atoms with Gasteiger partial charge in [-0.2, -0.15) is 13.2 Å². The molecule has 0 atom stereocenters. The smallest absolute Gasteiger partial charge is 0.416 e. The van der Waals surface area contributed by atoms with Gasteiger partial charge in [-0.3, -0.25) is 10.1 Å². The minimum Gasteiger partial charge on any atom is -0.484 e. The monoisotopic (exact) mass is 449 g/mol. The molecule has 0 heterocycles. The highest BCUT2D eigenvalue weighted by Gasteiger charge is 2.31. The van der Waals surface area contributed by atoms with Crippen LogP contribution in [0.25, 0.3) is 0 Å². The van der Waals surface area contributed by atoms with E-state index in [4.69, 9.17) is 30.5 Å². The molecule has 2 aromatic rings. The Hall–Kier alpha value is -2.56. The fourth-order valence-electron chi connectivity index (χ4n) is 2.29. The van der Waals surface area contributed by atoms with Gasteiger partial charge in [0, 0.05) is 18.7 Å². The van der Waals surface area contributed by atoms with Crippen LogP contribution in [0, 0.1) is 10.1 Å². The van der Waals surface area contributed by atoms with Crippen molar-refractivity contribution in [2.45, 2.75) is 13.1 Å². The van der Waals surface area contributed by atoms with Crippen molar-refractivity contribution in [1.29, 1.82) is 0 Å². The Balaban J connectivity index is 2.07. The van der Waals surface area contributed by atoms with Crippen LogP contribution in [0.4, 0.5) is 18.9 Å². The molecule has 2 aromatic carbocycles. The average molecular weight is 450 g/mol. The van der Waals surface area contributed by atoms with E-state index in [0.29, 0.717) is 19.8 Å². The summed E-state index contributed by atoms with van der Waals surface area (Å²) < 4.78 is 59.5. The molecule has 0 fully saturated rings. The summed E-state index contributed by atoms with van der Waals surface area (Å²) in [5, 5.41) is 10.9. The van der Waals surface area contributed by atoms with Crippen LogP contribution in [0.1, 0.15) is 12.5 Å². The summed E-state index contributed by atoms with van der Waals surface area (Å²) in [6.07, 6.45) is -4.54. The Morgan fingerprint density at radius 2 is 1.70 bits per heavy atom. The molecule has 0 aliphatic rings. The summed E-state index contributed by atoms with van der Waals surface area (Å²) in [4.78, 5) is 10.6. The number of hydrogen-bond donors (Lipinski definition) is 0. The van der Waals surface area contributed by atoms with Crippen molar-refractivity contribution >= 4 is 17.3 Å². The molecule has 0 radical (unpaired) electrons. The molecule has 164 valence electrons. The molecule has 0 saturated heterocycles. The second kappa shape index (κ2) is 11.0. The number of benzene rings is 2. The minimum absolute atomic E-state index is 0.0382. The van der Waals surface area contributed by atoms with Gasteiger partial charge in [0.25, 0.3) is 0 Å². The van der Waals surface area contributed by atoms with Crippen LogP contribution < -0.4 is 9.47 Å². The lowest BCUT2D eigenvalue weighted by atomic mass is 10.2. The maximum Gasteiger partial charge on any atom is 0.416 e. The van der Waals surface area contributed by atoms with E-state index in [1.807, 2.05) is 6.92 Å². The highest BCUT2D eigenvalue weighted by atomic mass is 35.5. The van der Waals surface area contributed by atoms with Crippen LogP contribution in [0.3, 0.4) is 0 Å². The topological polar surface area (TPSA) is 80.1 Å². The van der Waals surface area contributed by atoms with Crippen molar-refractivity contribution < 1.29 is 37.0 Å². The maximum atomic E-state index is 12.7. The fourth-order valence-corrected chi connectivity index (χ4v) is 2.51. The van der Waals surface area contributed by atoms with Gasteiger partial charge < -0.3 is 18.9 Å². The first-order chi connectivity index (χ1) is 14.2. The molecule has 0 spiro atoms. The number of hydrogen-bond acceptors (Lipinski definition) is 6. The number of nitrogens with zero attached hydrogens (tertiary/aromatic N) is 1. The van der Waals surface area contributed by atoms with Crippen molar-refractivity contribution in [1.82, 2.24) is 0 Å². The van der Waals surface area contributed by atoms with Gasteiger partial charge >= 0.3 is 11.9 Å². The lowest BCUT2D eigenvalue weighted by Gasteiger charge is -2.12. The molecule has 11 heteroatoms. The number of alkyl halides is 3. The first-order valence-electron chi connectivity index (χ1n) is 8.83. The lowest BCUT2D eigenvalue weighted by Crippen LogP contribution is -2.11. The predicted molar refractivity (Wildman–Crippen MR) is 102 cm³/mol. The molecular weight excluding hydrogens is 431 g/mol. The third-order valence-electron chi connectivity index (χ3n) is 3.68. The molecule has 0 bridgehead atoms. The summed E-state index contributed by atoms with van der Waals surface area (Å²) in [5.74, 6) is -0.00723. The molecule has 0 aliphatic carbocycles. The van der Waals surface area contributed by atoms with E-state index in [-0.39, 0.29) is 41.2 Å². The maximum absolute atomic E-state index is 12.7. The molecule has 7 nitrogen and oxygen atoms in total. The molecule has 30 heavy (non-hydrogen) atoms. The predicted octanol–water partition coefficient (Wildman–Crippen LogP) is 5.49. The standard InChI is InChI=1S/C19H19ClF3NO6/c1-2-27-7-8-28-9-10-29-18-12-14(4-5-16(18)24(25)26)30-17-6-3-13(11-15(17)20)19(21,22)23/h3-6,11-12H,2,7-10H2,1H3. The average Bonchev–Trinajstić information content (AvgIpc) is 2.68. The van der Waals surface area contributed by atoms with Gasteiger partial charge in [-0.25, -0.2) is 0 Å². The Kier molecular flexibility index (Phi) is 8.70. The molecule has 0 saturated carbocycles. The van der Waals surface area contributed by atoms with Gasteiger partial charge in [-0.1, -0.05) is 11.6 Å². The third-order valence-corrected chi connectivity index (χ3v) is 3.97. The van der Waals surface area contributed by atoms with Crippen molar-refractivity contribution in [3.8, 4) is 17.2 Å². The second-order valence-electron chi connectivity index (χ2n) is 5.79. The van der Waals surface area contributed by atoms with Crippen LogP contribution in [-0.2, 0) is 15.7 Å². The first kappa shape index (κ1) is 23.7. The van der Waals surface area contributed by atoms with Gasteiger partial charge in [0.1, 0.15) is 18.1 Å². The quantitative estimate of drug-likeness (QED) is 0.256. The third kappa shape index (κ3) is 7.05. The van der Waals surface area contributed by atoms with Gasteiger partial charge in [-0.15, -0.1) is 0 Å². The SMILES string of the molecule is CCOCCOCCOc1cc(Oc2ccc(C(F)(F)F)cc2Cl)ccc1[N+](=O)[O-]. The summed E-state index contributed by atoms with van der Waals surface area (Å²) in [7, 11) is 0. The number of ether oxygens (including phenoxy) is 4. The molecule has 0 N–H and O–H groups in total. The number of nitro groups is 1. The van der Waals surface area contributed by atoms with E-state index in [0.717, 1.165) is 18.2 Å². The lowest BCUT2D eigenvalue weighted by molar-refractivity contribution is -0.385. The molecule has 0 amide bonds. The Labute approximate surface area is 175 Å². The van der Waals surface area contributed by atoms with Crippen LogP contribution in [0.15, 0.2) is 36.4 Å². The van der Waals surface area contributed by atoms with Crippen molar-refractivity contribution in [3.63, 3.8) is 0 Å². The first-order valence-corrected chi connectivity index (χ1v) is 9.21. The largest absolute Gasteiger partial charge is 0.484 e. The Morgan fingerprint density at radius 3 is 2.33 bits per heavy atom. The van der Waals surface area contributed by atoms with E-state index in [1.165, 1.54) is 18.2 Å². The molecule has 0 unspecified atom stereocenters. The summed E-state index contributed by atoms with van der Waals surface area (Å²) in [6, 6.07) is 6.34. The van der Waals surface area contributed by atoms with Gasteiger partial charge in [-0.05, 0) is 31.2 Å². The van der Waals surface area contributed by atoms with E-state index in [1.54, 1.807) is 0 Å². The van der Waals surface area contributed by atoms with E-state index in [2.05, 4.69) is 0 Å². The minimum atomic E-state index is -4.54. The van der Waals surface area contributed by atoms with Crippen molar-refractivity contribution in [3.05, 3.63) is 57.1 Å². The van der Waals surface area contributed by atoms with Gasteiger partial charge in [0.05, 0.1) is 35.3 Å². The highest BCUT2D eigenvalue weighted by Crippen LogP contribution is 2.38. The summed E-state index contributed by atoms with van der Waals surface area (Å²) in [5.41, 5.74) is -1.22. The number of nitro benzene ring substituents is 1. The van der Waals surface area contributed by atoms with Crippen LogP contribution in [0.5, 0.6) is 17.2 Å². The molecular formula is C19H19ClF3NO6. The van der Waals surface area contributed by atoms with E-state index >= 15 is 0 Å². The van der Waals surface area contributed by atoms with Crippen LogP contribution >= 0.6 is 11.6 Å². The highest BCUT2D eigenvalue weighted by molar-refractivity contribution is 6.32. The zero-order chi connectivity index (χ0) is 22.1. The van der Waals surface area contributed by atoms with Crippen LogP contribution in [-0.4, -0.2) is 38.0 Å². The second-order valence-corrected chi connectivity index (χ2v) is 6.20. The molecule has 2 rings (SSSR count). The van der Waals surface area contributed by atoms with Crippen molar-refractivity contribution in [2.24, 2.45) is 0 Å². The van der Waals surface area contributed by atoms with Gasteiger partial charge in [0.2, 0.25) is 5.75 Å².